The van der Waals surface area contributed by atoms with E-state index in [0.717, 1.165) is 61.5 Å². The summed E-state index contributed by atoms with van der Waals surface area (Å²) in [5.74, 6) is -6.74. The van der Waals surface area contributed by atoms with Crippen molar-refractivity contribution >= 4 is 17.4 Å². The van der Waals surface area contributed by atoms with E-state index in [2.05, 4.69) is 0 Å². The summed E-state index contributed by atoms with van der Waals surface area (Å²) in [5, 5.41) is 0. The maximum Gasteiger partial charge on any atom is 0.232 e. The van der Waals surface area contributed by atoms with Crippen LogP contribution in [0.1, 0.15) is 53.8 Å². The Morgan fingerprint density at radius 3 is 2.46 bits per heavy atom. The van der Waals surface area contributed by atoms with Crippen LogP contribution in [0.2, 0.25) is 0 Å². The highest BCUT2D eigenvalue weighted by molar-refractivity contribution is 5.94. The van der Waals surface area contributed by atoms with Gasteiger partial charge in [0, 0.05) is 23.9 Å². The van der Waals surface area contributed by atoms with Crippen molar-refractivity contribution in [3.05, 3.63) is 69.5 Å². The molecule has 5 nitrogen and oxygen atoms in total. The largest absolute Gasteiger partial charge is 0.399 e. The maximum atomic E-state index is 14.5. The number of rotatable bonds is 5. The van der Waals surface area contributed by atoms with Crippen LogP contribution in [0, 0.1) is 36.1 Å². The molecule has 2 N–H and O–H groups in total. The molecule has 0 bridgehead atoms. The molecule has 3 aromatic rings. The van der Waals surface area contributed by atoms with Gasteiger partial charge in [0.1, 0.15) is 0 Å². The number of halogens is 4. The second-order valence-electron chi connectivity index (χ2n) is 10.0. The molecule has 0 radical (unpaired) electrons. The van der Waals surface area contributed by atoms with Gasteiger partial charge in [0.25, 0.3) is 0 Å². The number of carbonyl (C=O) groups excluding carboxylic acids is 1. The number of nitrogen functional groups attached to an aromatic ring is 1. The van der Waals surface area contributed by atoms with E-state index in [4.69, 9.17) is 15.7 Å². The van der Waals surface area contributed by atoms with Gasteiger partial charge in [0.15, 0.2) is 29.1 Å². The number of aromatic nitrogens is 2. The lowest BCUT2D eigenvalue weighted by Gasteiger charge is -2.25. The van der Waals surface area contributed by atoms with Gasteiger partial charge in [0.2, 0.25) is 5.91 Å². The lowest BCUT2D eigenvalue weighted by atomic mass is 9.91. The molecule has 2 aromatic carbocycles. The minimum atomic E-state index is -1.93. The van der Waals surface area contributed by atoms with Crippen molar-refractivity contribution in [1.82, 2.24) is 9.97 Å². The van der Waals surface area contributed by atoms with E-state index < -0.39 is 46.7 Å². The van der Waals surface area contributed by atoms with Crippen LogP contribution in [0.5, 0.6) is 0 Å². The van der Waals surface area contributed by atoms with Crippen LogP contribution < -0.4 is 10.6 Å². The molecular weight excluding hydrogens is 484 g/mol. The zero-order valence-corrected chi connectivity index (χ0v) is 20.8. The number of nitrogens with zero attached hydrogens (tertiary/aromatic N) is 3. The number of hydrogen-bond acceptors (Lipinski definition) is 4. The number of fused-ring (bicyclic) bond motifs is 3. The van der Waals surface area contributed by atoms with E-state index in [9.17, 15) is 22.4 Å². The molecule has 2 aliphatic rings. The standard InChI is InChI=1S/C28H28F4N4O/c1-14-19(24(30)26(32)25(31)23(14)29)13-22(37)36(2)28-21(11-15-5-3-4-6-15)34-27-18-9-8-17(33)12-16(18)7-10-20(27)35-28/h8-9,12,15H,3-7,10-11,13,33H2,1-2H3. The maximum absolute atomic E-state index is 14.5. The highest BCUT2D eigenvalue weighted by atomic mass is 19.2. The number of carbonyl (C=O) groups is 1. The van der Waals surface area contributed by atoms with Crippen molar-refractivity contribution in [1.29, 1.82) is 0 Å². The number of benzene rings is 2. The number of nitrogens with two attached hydrogens (primary N) is 1. The predicted molar refractivity (Wildman–Crippen MR) is 133 cm³/mol. The number of anilines is 2. The van der Waals surface area contributed by atoms with Gasteiger partial charge in [-0.2, -0.15) is 0 Å². The topological polar surface area (TPSA) is 72.1 Å². The van der Waals surface area contributed by atoms with Gasteiger partial charge in [-0.1, -0.05) is 31.7 Å². The van der Waals surface area contributed by atoms with E-state index in [-0.39, 0.29) is 0 Å². The molecule has 1 saturated carbocycles. The Labute approximate surface area is 212 Å². The molecule has 0 atom stereocenters. The molecule has 5 rings (SSSR count). The summed E-state index contributed by atoms with van der Waals surface area (Å²) in [6.45, 7) is 1.12. The molecule has 2 aliphatic carbocycles. The van der Waals surface area contributed by atoms with Crippen molar-refractivity contribution in [3.8, 4) is 11.3 Å². The Bertz CT molecular complexity index is 1370. The fourth-order valence-electron chi connectivity index (χ4n) is 5.47. The minimum absolute atomic E-state index is 0.357. The lowest BCUT2D eigenvalue weighted by Crippen LogP contribution is -2.32. The fourth-order valence-corrected chi connectivity index (χ4v) is 5.47. The summed E-state index contributed by atoms with van der Waals surface area (Å²) in [6, 6.07) is 5.71. The second-order valence-corrected chi connectivity index (χ2v) is 10.0. The summed E-state index contributed by atoms with van der Waals surface area (Å²) in [4.78, 5) is 24.4. The number of aryl methyl sites for hydroxylation is 2. The van der Waals surface area contributed by atoms with Crippen LogP contribution in [-0.2, 0) is 30.5 Å². The van der Waals surface area contributed by atoms with Crippen LogP contribution in [-0.4, -0.2) is 22.9 Å². The van der Waals surface area contributed by atoms with Crippen molar-refractivity contribution in [3.63, 3.8) is 0 Å². The monoisotopic (exact) mass is 512 g/mol. The molecule has 0 aliphatic heterocycles. The van der Waals surface area contributed by atoms with Crippen LogP contribution >= 0.6 is 0 Å². The summed E-state index contributed by atoms with van der Waals surface area (Å²) in [5.41, 5.74) is 9.93. The molecule has 1 aromatic heterocycles. The summed E-state index contributed by atoms with van der Waals surface area (Å²) in [7, 11) is 1.50. The average Bonchev–Trinajstić information content (AvgIpc) is 3.40. The SMILES string of the molecule is Cc1c(F)c(F)c(F)c(F)c1CC(=O)N(C)c1nc2c(nc1CC1CCCC1)-c1ccc(N)cc1CC2. The van der Waals surface area contributed by atoms with Gasteiger partial charge < -0.3 is 5.73 Å². The van der Waals surface area contributed by atoms with Crippen LogP contribution in [0.15, 0.2) is 18.2 Å². The third-order valence-corrected chi connectivity index (χ3v) is 7.64. The Balaban J connectivity index is 1.53. The molecule has 1 amide bonds. The molecule has 1 fully saturated rings. The number of hydrogen-bond donors (Lipinski definition) is 1. The highest BCUT2D eigenvalue weighted by Crippen LogP contribution is 2.37. The Morgan fingerprint density at radius 2 is 1.73 bits per heavy atom. The first-order valence-electron chi connectivity index (χ1n) is 12.5. The van der Waals surface area contributed by atoms with Crippen molar-refractivity contribution in [2.24, 2.45) is 5.92 Å². The summed E-state index contributed by atoms with van der Waals surface area (Å²) >= 11 is 0. The van der Waals surface area contributed by atoms with E-state index in [1.165, 1.54) is 11.9 Å². The van der Waals surface area contributed by atoms with Crippen molar-refractivity contribution in [2.45, 2.75) is 58.3 Å². The number of amides is 1. The van der Waals surface area contributed by atoms with Crippen LogP contribution in [0.25, 0.3) is 11.3 Å². The molecule has 0 saturated heterocycles. The van der Waals surface area contributed by atoms with Crippen molar-refractivity contribution < 1.29 is 22.4 Å². The molecule has 1 heterocycles. The average molecular weight is 513 g/mol. The smallest absolute Gasteiger partial charge is 0.232 e. The summed E-state index contributed by atoms with van der Waals surface area (Å²) < 4.78 is 56.1. The van der Waals surface area contributed by atoms with E-state index >= 15 is 0 Å². The molecular formula is C28H28F4N4O. The van der Waals surface area contributed by atoms with Crippen LogP contribution in [0.3, 0.4) is 0 Å². The first-order chi connectivity index (χ1) is 17.7. The Hall–Kier alpha value is -3.49. The van der Waals surface area contributed by atoms with Gasteiger partial charge in [0.05, 0.1) is 23.5 Å². The van der Waals surface area contributed by atoms with Gasteiger partial charge in [-0.05, 0) is 55.4 Å². The molecule has 37 heavy (non-hydrogen) atoms. The van der Waals surface area contributed by atoms with E-state index in [1.807, 2.05) is 18.2 Å². The highest BCUT2D eigenvalue weighted by Gasteiger charge is 2.29. The zero-order valence-electron chi connectivity index (χ0n) is 20.8. The molecule has 0 spiro atoms. The van der Waals surface area contributed by atoms with Gasteiger partial charge >= 0.3 is 0 Å². The van der Waals surface area contributed by atoms with Crippen LogP contribution in [0.4, 0.5) is 29.1 Å². The minimum Gasteiger partial charge on any atom is -0.399 e. The molecule has 194 valence electrons. The predicted octanol–water partition coefficient (Wildman–Crippen LogP) is 5.63. The van der Waals surface area contributed by atoms with Gasteiger partial charge in [-0.15, -0.1) is 0 Å². The fraction of sp³-hybridized carbons (Fsp3) is 0.393. The first kappa shape index (κ1) is 25.2. The third-order valence-electron chi connectivity index (χ3n) is 7.64. The van der Waals surface area contributed by atoms with Gasteiger partial charge in [-0.25, -0.2) is 27.5 Å². The second kappa shape index (κ2) is 9.76. The quantitative estimate of drug-likeness (QED) is 0.208. The normalized spacial score (nSPS) is 15.0. The Morgan fingerprint density at radius 1 is 1.03 bits per heavy atom. The molecule has 0 unspecified atom stereocenters. The zero-order chi connectivity index (χ0) is 26.4. The van der Waals surface area contributed by atoms with Crippen molar-refractivity contribution in [2.75, 3.05) is 17.7 Å². The van der Waals surface area contributed by atoms with Gasteiger partial charge in [-0.3, -0.25) is 9.69 Å². The first-order valence-corrected chi connectivity index (χ1v) is 12.5. The molecule has 9 heteroatoms. The van der Waals surface area contributed by atoms with E-state index in [0.29, 0.717) is 36.0 Å². The van der Waals surface area contributed by atoms with E-state index in [1.54, 1.807) is 0 Å². The third kappa shape index (κ3) is 4.55. The summed E-state index contributed by atoms with van der Waals surface area (Å²) in [6.07, 6.45) is 5.70. The number of likely N-dealkylation sites (N-methyl/N-ethyl adjacent to an activating group) is 1. The Kier molecular flexibility index (Phi) is 6.64. The lowest BCUT2D eigenvalue weighted by molar-refractivity contribution is -0.117.